The molecule has 2 unspecified atom stereocenters. The van der Waals surface area contributed by atoms with Crippen LogP contribution in [0, 0.1) is 5.92 Å². The molecule has 0 aliphatic carbocycles. The molecule has 0 bridgehead atoms. The molecule has 2 atom stereocenters. The van der Waals surface area contributed by atoms with Crippen LogP contribution in [0.1, 0.15) is 31.4 Å². The van der Waals surface area contributed by atoms with Gasteiger partial charge in [0.15, 0.2) is 0 Å². The van der Waals surface area contributed by atoms with Crippen molar-refractivity contribution < 1.29 is 9.59 Å². The maximum Gasteiger partial charge on any atom is 0.227 e. The van der Waals surface area contributed by atoms with Gasteiger partial charge in [-0.15, -0.1) is 0 Å². The zero-order valence-electron chi connectivity index (χ0n) is 11.7. The Balaban J connectivity index is 2.07. The number of nitrogens with one attached hydrogen (secondary N) is 1. The molecule has 1 aliphatic heterocycles. The predicted molar refractivity (Wildman–Crippen MR) is 78.4 cm³/mol. The van der Waals surface area contributed by atoms with Gasteiger partial charge in [0, 0.05) is 25.0 Å². The smallest absolute Gasteiger partial charge is 0.227 e. The Kier molecular flexibility index (Phi) is 4.65. The summed E-state index contributed by atoms with van der Waals surface area (Å²) in [6.07, 6.45) is 1.04. The van der Waals surface area contributed by atoms with Crippen LogP contribution in [0.2, 0.25) is 5.02 Å². The molecule has 1 fully saturated rings. The monoisotopic (exact) mass is 294 g/mol. The molecule has 1 N–H and O–H groups in total. The normalized spacial score (nSPS) is 20.1. The molecule has 1 aromatic rings. The van der Waals surface area contributed by atoms with Gasteiger partial charge in [0.1, 0.15) is 0 Å². The molecule has 2 rings (SSSR count). The highest BCUT2D eigenvalue weighted by molar-refractivity contribution is 6.31. The van der Waals surface area contributed by atoms with E-state index in [2.05, 4.69) is 5.32 Å². The van der Waals surface area contributed by atoms with Crippen molar-refractivity contribution in [2.75, 3.05) is 13.6 Å². The van der Waals surface area contributed by atoms with E-state index in [0.717, 1.165) is 5.56 Å². The summed E-state index contributed by atoms with van der Waals surface area (Å²) in [5.74, 6) is -0.0593. The SMILES string of the molecule is CC(c1ccccc1Cl)N(C)C(=O)C1CCC(=O)NC1. The molecular weight excluding hydrogens is 276 g/mol. The van der Waals surface area contributed by atoms with Crippen molar-refractivity contribution in [3.8, 4) is 0 Å². The van der Waals surface area contributed by atoms with E-state index < -0.39 is 0 Å². The van der Waals surface area contributed by atoms with Crippen LogP contribution in [0.4, 0.5) is 0 Å². The number of rotatable bonds is 3. The van der Waals surface area contributed by atoms with Gasteiger partial charge in [-0.05, 0) is 25.0 Å². The molecule has 20 heavy (non-hydrogen) atoms. The van der Waals surface area contributed by atoms with E-state index in [4.69, 9.17) is 11.6 Å². The van der Waals surface area contributed by atoms with E-state index in [1.165, 1.54) is 0 Å². The Labute approximate surface area is 124 Å². The fourth-order valence-electron chi connectivity index (χ4n) is 2.44. The fraction of sp³-hybridized carbons (Fsp3) is 0.467. The van der Waals surface area contributed by atoms with Gasteiger partial charge in [0.05, 0.1) is 12.0 Å². The Morgan fingerprint density at radius 3 is 2.75 bits per heavy atom. The van der Waals surface area contributed by atoms with Crippen molar-refractivity contribution in [3.63, 3.8) is 0 Å². The number of hydrogen-bond acceptors (Lipinski definition) is 2. The Hall–Kier alpha value is -1.55. The van der Waals surface area contributed by atoms with Gasteiger partial charge in [0.25, 0.3) is 0 Å². The minimum Gasteiger partial charge on any atom is -0.355 e. The largest absolute Gasteiger partial charge is 0.355 e. The van der Waals surface area contributed by atoms with Gasteiger partial charge >= 0.3 is 0 Å². The number of piperidine rings is 1. The summed E-state index contributed by atoms with van der Waals surface area (Å²) in [6, 6.07) is 7.45. The van der Waals surface area contributed by atoms with E-state index in [1.54, 1.807) is 11.9 Å². The third-order valence-electron chi connectivity index (χ3n) is 3.90. The van der Waals surface area contributed by atoms with E-state index in [-0.39, 0.29) is 23.8 Å². The van der Waals surface area contributed by atoms with Gasteiger partial charge in [0.2, 0.25) is 11.8 Å². The minimum atomic E-state index is -0.136. The van der Waals surface area contributed by atoms with E-state index in [9.17, 15) is 9.59 Å². The first-order valence-electron chi connectivity index (χ1n) is 6.78. The molecule has 4 nitrogen and oxygen atoms in total. The molecule has 0 aromatic heterocycles. The summed E-state index contributed by atoms with van der Waals surface area (Å²) < 4.78 is 0. The lowest BCUT2D eigenvalue weighted by molar-refractivity contribution is -0.138. The van der Waals surface area contributed by atoms with Crippen LogP contribution in [0.5, 0.6) is 0 Å². The number of benzene rings is 1. The van der Waals surface area contributed by atoms with Crippen LogP contribution in [0.3, 0.4) is 0 Å². The van der Waals surface area contributed by atoms with Gasteiger partial charge in [-0.25, -0.2) is 0 Å². The van der Waals surface area contributed by atoms with E-state index in [1.807, 2.05) is 31.2 Å². The molecule has 1 aromatic carbocycles. The maximum absolute atomic E-state index is 12.5. The maximum atomic E-state index is 12.5. The lowest BCUT2D eigenvalue weighted by atomic mass is 9.96. The Morgan fingerprint density at radius 1 is 1.45 bits per heavy atom. The summed E-state index contributed by atoms with van der Waals surface area (Å²) >= 11 is 6.18. The van der Waals surface area contributed by atoms with Crippen molar-refractivity contribution in [2.24, 2.45) is 5.92 Å². The molecule has 0 radical (unpaired) electrons. The first kappa shape index (κ1) is 14.9. The third-order valence-corrected chi connectivity index (χ3v) is 4.24. The predicted octanol–water partition coefficient (Wildman–Crippen LogP) is 2.39. The highest BCUT2D eigenvalue weighted by Gasteiger charge is 2.29. The molecule has 1 aliphatic rings. The Bertz CT molecular complexity index is 508. The number of carbonyl (C=O) groups is 2. The first-order chi connectivity index (χ1) is 9.50. The lowest BCUT2D eigenvalue weighted by Crippen LogP contribution is -2.44. The van der Waals surface area contributed by atoms with Crippen LogP contribution in [0.25, 0.3) is 0 Å². The van der Waals surface area contributed by atoms with E-state index in [0.29, 0.717) is 24.4 Å². The summed E-state index contributed by atoms with van der Waals surface area (Å²) in [5, 5.41) is 3.41. The summed E-state index contributed by atoms with van der Waals surface area (Å²) in [5.41, 5.74) is 0.935. The summed E-state index contributed by atoms with van der Waals surface area (Å²) in [6.45, 7) is 2.39. The second-order valence-corrected chi connectivity index (χ2v) is 5.59. The van der Waals surface area contributed by atoms with E-state index >= 15 is 0 Å². The molecular formula is C15H19ClN2O2. The standard InChI is InChI=1S/C15H19ClN2O2/c1-10(12-5-3-4-6-13(12)16)18(2)15(20)11-7-8-14(19)17-9-11/h3-6,10-11H,7-9H2,1-2H3,(H,17,19). The van der Waals surface area contributed by atoms with Crippen molar-refractivity contribution in [1.82, 2.24) is 10.2 Å². The topological polar surface area (TPSA) is 49.4 Å². The summed E-state index contributed by atoms with van der Waals surface area (Å²) in [4.78, 5) is 25.3. The molecule has 0 saturated carbocycles. The minimum absolute atomic E-state index is 0.0239. The third kappa shape index (κ3) is 3.12. The van der Waals surface area contributed by atoms with Crippen molar-refractivity contribution in [1.29, 1.82) is 0 Å². The van der Waals surface area contributed by atoms with Gasteiger partial charge in [-0.3, -0.25) is 9.59 Å². The second kappa shape index (κ2) is 6.27. The number of nitrogens with zero attached hydrogens (tertiary/aromatic N) is 1. The van der Waals surface area contributed by atoms with Gasteiger partial charge < -0.3 is 10.2 Å². The second-order valence-electron chi connectivity index (χ2n) is 5.19. The fourth-order valence-corrected chi connectivity index (χ4v) is 2.74. The molecule has 5 heteroatoms. The molecule has 2 amide bonds. The number of carbonyl (C=O) groups excluding carboxylic acids is 2. The van der Waals surface area contributed by atoms with Crippen molar-refractivity contribution >= 4 is 23.4 Å². The lowest BCUT2D eigenvalue weighted by Gasteiger charge is -2.31. The average Bonchev–Trinajstić information content (AvgIpc) is 2.46. The van der Waals surface area contributed by atoms with Gasteiger partial charge in [-0.2, -0.15) is 0 Å². The Morgan fingerprint density at radius 2 is 2.15 bits per heavy atom. The molecule has 108 valence electrons. The van der Waals surface area contributed by atoms with Crippen LogP contribution in [-0.4, -0.2) is 30.3 Å². The van der Waals surface area contributed by atoms with Gasteiger partial charge in [-0.1, -0.05) is 29.8 Å². The summed E-state index contributed by atoms with van der Waals surface area (Å²) in [7, 11) is 1.78. The number of amides is 2. The van der Waals surface area contributed by atoms with Crippen LogP contribution in [-0.2, 0) is 9.59 Å². The zero-order valence-corrected chi connectivity index (χ0v) is 12.5. The number of hydrogen-bond donors (Lipinski definition) is 1. The first-order valence-corrected chi connectivity index (χ1v) is 7.16. The molecule has 0 spiro atoms. The zero-order chi connectivity index (χ0) is 14.7. The quantitative estimate of drug-likeness (QED) is 0.930. The van der Waals surface area contributed by atoms with Crippen LogP contribution >= 0.6 is 11.6 Å². The molecule has 1 saturated heterocycles. The molecule has 1 heterocycles. The van der Waals surface area contributed by atoms with Crippen molar-refractivity contribution in [2.45, 2.75) is 25.8 Å². The number of halogens is 1. The van der Waals surface area contributed by atoms with Crippen LogP contribution < -0.4 is 5.32 Å². The van der Waals surface area contributed by atoms with Crippen molar-refractivity contribution in [3.05, 3.63) is 34.9 Å². The van der Waals surface area contributed by atoms with Crippen LogP contribution in [0.15, 0.2) is 24.3 Å². The average molecular weight is 295 g/mol. The highest BCUT2D eigenvalue weighted by atomic mass is 35.5. The highest BCUT2D eigenvalue weighted by Crippen LogP contribution is 2.28.